The van der Waals surface area contributed by atoms with Crippen molar-refractivity contribution in [1.29, 1.82) is 0 Å². The molecule has 0 aliphatic heterocycles. The molecular formula is C12H9ClN. The molecule has 1 aromatic heterocycles. The molecule has 14 heavy (non-hydrogen) atoms. The number of pyridine rings is 1. The normalized spacial score (nSPS) is 10.1. The minimum Gasteiger partial charge on any atom is -0.236 e. The third-order valence-electron chi connectivity index (χ3n) is 2.03. The van der Waals surface area contributed by atoms with Gasteiger partial charge in [-0.15, -0.1) is 0 Å². The van der Waals surface area contributed by atoms with Gasteiger partial charge in [0, 0.05) is 5.56 Å². The second-order valence-electron chi connectivity index (χ2n) is 3.06. The van der Waals surface area contributed by atoms with E-state index in [2.05, 4.69) is 11.1 Å². The third kappa shape index (κ3) is 1.78. The van der Waals surface area contributed by atoms with E-state index >= 15 is 0 Å². The second-order valence-corrected chi connectivity index (χ2v) is 3.45. The standard InChI is InChI=1S/C12H9ClN/c1-9-7-8-11(13)14-12(9)10-5-3-2-4-6-10/h2-6,8H,1H3. The summed E-state index contributed by atoms with van der Waals surface area (Å²) in [4.78, 5) is 4.28. The van der Waals surface area contributed by atoms with E-state index < -0.39 is 0 Å². The first kappa shape index (κ1) is 9.22. The molecule has 0 saturated carbocycles. The summed E-state index contributed by atoms with van der Waals surface area (Å²) in [5, 5.41) is 0.481. The van der Waals surface area contributed by atoms with Crippen molar-refractivity contribution in [1.82, 2.24) is 4.98 Å². The highest BCUT2D eigenvalue weighted by molar-refractivity contribution is 6.29. The number of nitrogens with zero attached hydrogens (tertiary/aromatic N) is 1. The van der Waals surface area contributed by atoms with Crippen LogP contribution in [-0.2, 0) is 0 Å². The van der Waals surface area contributed by atoms with Crippen molar-refractivity contribution in [2.75, 3.05) is 0 Å². The average molecular weight is 203 g/mol. The van der Waals surface area contributed by atoms with Gasteiger partial charge >= 0.3 is 0 Å². The van der Waals surface area contributed by atoms with Crippen molar-refractivity contribution in [2.24, 2.45) is 0 Å². The van der Waals surface area contributed by atoms with Gasteiger partial charge in [0.1, 0.15) is 5.15 Å². The molecule has 1 aromatic carbocycles. The van der Waals surface area contributed by atoms with E-state index in [9.17, 15) is 0 Å². The van der Waals surface area contributed by atoms with Crippen molar-refractivity contribution in [3.63, 3.8) is 0 Å². The SMILES string of the molecule is Cc1[c]cc(Cl)nc1-c1ccccc1. The van der Waals surface area contributed by atoms with Crippen molar-refractivity contribution < 1.29 is 0 Å². The highest BCUT2D eigenvalue weighted by atomic mass is 35.5. The Morgan fingerprint density at radius 2 is 1.93 bits per heavy atom. The molecule has 1 nitrogen and oxygen atoms in total. The minimum absolute atomic E-state index is 0.481. The Hall–Kier alpha value is -1.34. The molecule has 0 spiro atoms. The number of benzene rings is 1. The molecule has 1 radical (unpaired) electrons. The van der Waals surface area contributed by atoms with E-state index in [1.807, 2.05) is 37.3 Å². The molecule has 1 heterocycles. The van der Waals surface area contributed by atoms with Gasteiger partial charge in [0.25, 0.3) is 0 Å². The van der Waals surface area contributed by atoms with E-state index in [0.717, 1.165) is 16.8 Å². The molecule has 0 aliphatic rings. The molecule has 0 unspecified atom stereocenters. The van der Waals surface area contributed by atoms with Crippen LogP contribution in [0.2, 0.25) is 5.15 Å². The number of hydrogen-bond acceptors (Lipinski definition) is 1. The van der Waals surface area contributed by atoms with Crippen LogP contribution in [0.5, 0.6) is 0 Å². The lowest BCUT2D eigenvalue weighted by Gasteiger charge is -2.04. The van der Waals surface area contributed by atoms with Gasteiger partial charge in [-0.25, -0.2) is 4.98 Å². The maximum atomic E-state index is 5.82. The van der Waals surface area contributed by atoms with Crippen LogP contribution in [0.15, 0.2) is 36.4 Å². The Balaban J connectivity index is 2.57. The molecule has 0 atom stereocenters. The fourth-order valence-corrected chi connectivity index (χ4v) is 1.48. The van der Waals surface area contributed by atoms with Gasteiger partial charge in [0.05, 0.1) is 5.69 Å². The molecule has 2 rings (SSSR count). The fourth-order valence-electron chi connectivity index (χ4n) is 1.34. The molecule has 2 heteroatoms. The number of halogens is 1. The first-order valence-electron chi connectivity index (χ1n) is 4.37. The van der Waals surface area contributed by atoms with Gasteiger partial charge in [-0.2, -0.15) is 0 Å². The molecule has 0 saturated heterocycles. The minimum atomic E-state index is 0.481. The Morgan fingerprint density at radius 1 is 1.21 bits per heavy atom. The quantitative estimate of drug-likeness (QED) is 0.645. The highest BCUT2D eigenvalue weighted by Crippen LogP contribution is 2.21. The lowest BCUT2D eigenvalue weighted by Crippen LogP contribution is -1.88. The summed E-state index contributed by atoms with van der Waals surface area (Å²) in [6.45, 7) is 1.98. The first-order valence-corrected chi connectivity index (χ1v) is 4.75. The summed E-state index contributed by atoms with van der Waals surface area (Å²) < 4.78 is 0. The van der Waals surface area contributed by atoms with Gasteiger partial charge < -0.3 is 0 Å². The van der Waals surface area contributed by atoms with E-state index in [-0.39, 0.29) is 0 Å². The maximum absolute atomic E-state index is 5.82. The van der Waals surface area contributed by atoms with E-state index in [0.29, 0.717) is 5.15 Å². The molecule has 0 N–H and O–H groups in total. The molecule has 2 aromatic rings. The van der Waals surface area contributed by atoms with Crippen LogP contribution in [0, 0.1) is 13.0 Å². The summed E-state index contributed by atoms with van der Waals surface area (Å²) in [5.41, 5.74) is 2.99. The summed E-state index contributed by atoms with van der Waals surface area (Å²) in [7, 11) is 0. The van der Waals surface area contributed by atoms with Crippen molar-refractivity contribution >= 4 is 11.6 Å². The molecule has 0 bridgehead atoms. The summed E-state index contributed by atoms with van der Waals surface area (Å²) >= 11 is 5.82. The summed E-state index contributed by atoms with van der Waals surface area (Å²) in [6.07, 6.45) is 0. The van der Waals surface area contributed by atoms with Crippen LogP contribution < -0.4 is 0 Å². The molecule has 0 aliphatic carbocycles. The Kier molecular flexibility index (Phi) is 2.51. The van der Waals surface area contributed by atoms with Crippen LogP contribution in [0.1, 0.15) is 5.56 Å². The monoisotopic (exact) mass is 202 g/mol. The summed E-state index contributed by atoms with van der Waals surface area (Å²) in [5.74, 6) is 0. The van der Waals surface area contributed by atoms with Crippen LogP contribution in [0.4, 0.5) is 0 Å². The van der Waals surface area contributed by atoms with E-state index in [4.69, 9.17) is 11.6 Å². The predicted octanol–water partition coefficient (Wildman–Crippen LogP) is 3.51. The Morgan fingerprint density at radius 3 is 2.64 bits per heavy atom. The fraction of sp³-hybridized carbons (Fsp3) is 0.0833. The van der Waals surface area contributed by atoms with Crippen molar-refractivity contribution in [3.05, 3.63) is 53.2 Å². The topological polar surface area (TPSA) is 12.9 Å². The predicted molar refractivity (Wildman–Crippen MR) is 58.3 cm³/mol. The lowest BCUT2D eigenvalue weighted by atomic mass is 10.1. The van der Waals surface area contributed by atoms with Gasteiger partial charge in [0.2, 0.25) is 0 Å². The molecule has 0 fully saturated rings. The number of aromatic nitrogens is 1. The zero-order valence-electron chi connectivity index (χ0n) is 7.79. The van der Waals surface area contributed by atoms with Crippen molar-refractivity contribution in [2.45, 2.75) is 6.92 Å². The Bertz CT molecular complexity index is 437. The summed E-state index contributed by atoms with van der Waals surface area (Å²) in [6, 6.07) is 14.7. The number of aryl methyl sites for hydroxylation is 1. The highest BCUT2D eigenvalue weighted by Gasteiger charge is 2.03. The van der Waals surface area contributed by atoms with Crippen LogP contribution >= 0.6 is 11.6 Å². The zero-order chi connectivity index (χ0) is 9.97. The van der Waals surface area contributed by atoms with E-state index in [1.165, 1.54) is 0 Å². The van der Waals surface area contributed by atoms with Crippen LogP contribution in [0.3, 0.4) is 0 Å². The van der Waals surface area contributed by atoms with Gasteiger partial charge in [0.15, 0.2) is 0 Å². The zero-order valence-corrected chi connectivity index (χ0v) is 8.55. The van der Waals surface area contributed by atoms with Crippen LogP contribution in [0.25, 0.3) is 11.3 Å². The Labute approximate surface area is 88.4 Å². The molecular weight excluding hydrogens is 194 g/mol. The van der Waals surface area contributed by atoms with Crippen molar-refractivity contribution in [3.8, 4) is 11.3 Å². The molecule has 0 amide bonds. The maximum Gasteiger partial charge on any atom is 0.130 e. The second kappa shape index (κ2) is 3.81. The van der Waals surface area contributed by atoms with Crippen LogP contribution in [-0.4, -0.2) is 4.98 Å². The van der Waals surface area contributed by atoms with E-state index in [1.54, 1.807) is 6.07 Å². The molecule has 69 valence electrons. The lowest BCUT2D eigenvalue weighted by molar-refractivity contribution is 1.26. The first-order chi connectivity index (χ1) is 6.77. The van der Waals surface area contributed by atoms with Gasteiger partial charge in [-0.3, -0.25) is 0 Å². The smallest absolute Gasteiger partial charge is 0.130 e. The number of rotatable bonds is 1. The largest absolute Gasteiger partial charge is 0.236 e. The van der Waals surface area contributed by atoms with Gasteiger partial charge in [-0.1, -0.05) is 41.9 Å². The average Bonchev–Trinajstić information content (AvgIpc) is 2.23. The number of hydrogen-bond donors (Lipinski definition) is 0. The van der Waals surface area contributed by atoms with Gasteiger partial charge in [-0.05, 0) is 24.6 Å². The third-order valence-corrected chi connectivity index (χ3v) is 2.22.